The third-order valence-corrected chi connectivity index (χ3v) is 3.24. The third kappa shape index (κ3) is 2.50. The molecule has 0 bridgehead atoms. The number of aromatic nitrogens is 2. The van der Waals surface area contributed by atoms with Crippen LogP contribution in [0.3, 0.4) is 0 Å². The molecule has 0 spiro atoms. The van der Waals surface area contributed by atoms with E-state index in [0.29, 0.717) is 11.2 Å². The molecule has 3 heteroatoms. The molecule has 1 atom stereocenters. The largest absolute Gasteiger partial charge is 0.282 e. The van der Waals surface area contributed by atoms with Gasteiger partial charge in [-0.2, -0.15) is 17.7 Å². The molecule has 1 aromatic heterocycles. The summed E-state index contributed by atoms with van der Waals surface area (Å²) in [4.78, 5) is 0. The summed E-state index contributed by atoms with van der Waals surface area (Å²) >= 11 is 4.56. The number of nitrogens with one attached hydrogen (secondary N) is 1. The number of aromatic amines is 1. The lowest BCUT2D eigenvalue weighted by atomic mass is 10.0. The van der Waals surface area contributed by atoms with E-state index in [0.717, 1.165) is 12.1 Å². The maximum Gasteiger partial charge on any atom is 0.0626 e. The molecule has 1 N–H and O–H groups in total. The molecule has 0 saturated carbocycles. The zero-order valence-electron chi connectivity index (χ0n) is 8.76. The zero-order chi connectivity index (χ0) is 10.0. The van der Waals surface area contributed by atoms with Gasteiger partial charge in [-0.3, -0.25) is 5.10 Å². The average Bonchev–Trinajstić information content (AvgIpc) is 2.35. The molecule has 74 valence electrons. The Balaban J connectivity index is 2.73. The molecule has 1 heterocycles. The van der Waals surface area contributed by atoms with Gasteiger partial charge >= 0.3 is 0 Å². The summed E-state index contributed by atoms with van der Waals surface area (Å²) in [6, 6.07) is 0. The van der Waals surface area contributed by atoms with E-state index in [1.807, 2.05) is 6.92 Å². The molecule has 1 unspecified atom stereocenters. The van der Waals surface area contributed by atoms with Crippen molar-refractivity contribution in [2.24, 2.45) is 5.92 Å². The fourth-order valence-corrected chi connectivity index (χ4v) is 1.50. The van der Waals surface area contributed by atoms with E-state index < -0.39 is 0 Å². The van der Waals surface area contributed by atoms with Crippen LogP contribution in [0.5, 0.6) is 0 Å². The Morgan fingerprint density at radius 1 is 1.38 bits per heavy atom. The molecule has 0 aliphatic rings. The van der Waals surface area contributed by atoms with Crippen LogP contribution in [-0.2, 0) is 6.42 Å². The van der Waals surface area contributed by atoms with Crippen molar-refractivity contribution < 1.29 is 0 Å². The molecule has 0 fully saturated rings. The third-order valence-electron chi connectivity index (χ3n) is 2.46. The van der Waals surface area contributed by atoms with Crippen LogP contribution in [0.1, 0.15) is 30.8 Å². The minimum atomic E-state index is 0.426. The molecular formula is C10H18N2S. The van der Waals surface area contributed by atoms with Crippen molar-refractivity contribution in [3.05, 3.63) is 17.0 Å². The summed E-state index contributed by atoms with van der Waals surface area (Å²) in [5, 5.41) is 7.59. The van der Waals surface area contributed by atoms with Crippen LogP contribution >= 0.6 is 12.6 Å². The summed E-state index contributed by atoms with van der Waals surface area (Å²) in [7, 11) is 0. The van der Waals surface area contributed by atoms with Gasteiger partial charge in [-0.25, -0.2) is 0 Å². The monoisotopic (exact) mass is 198 g/mol. The topological polar surface area (TPSA) is 28.7 Å². The fraction of sp³-hybridized carbons (Fsp3) is 0.700. The Hall–Kier alpha value is -0.440. The second kappa shape index (κ2) is 4.18. The Morgan fingerprint density at radius 2 is 2.00 bits per heavy atom. The maximum atomic E-state index is 4.56. The van der Waals surface area contributed by atoms with E-state index in [1.165, 1.54) is 11.3 Å². The molecule has 1 aromatic rings. The SMILES string of the molecule is Cc1n[nH]c(C)c1CC(S)C(C)C. The Kier molecular flexibility index (Phi) is 3.42. The first-order valence-corrected chi connectivity index (χ1v) is 5.22. The van der Waals surface area contributed by atoms with Gasteiger partial charge in [0.15, 0.2) is 0 Å². The highest BCUT2D eigenvalue weighted by Crippen LogP contribution is 2.19. The molecule has 2 nitrogen and oxygen atoms in total. The normalized spacial score (nSPS) is 13.7. The van der Waals surface area contributed by atoms with E-state index >= 15 is 0 Å². The number of thiol groups is 1. The molecule has 0 aliphatic carbocycles. The van der Waals surface area contributed by atoms with Crippen molar-refractivity contribution in [3.8, 4) is 0 Å². The summed E-state index contributed by atoms with van der Waals surface area (Å²) < 4.78 is 0. The van der Waals surface area contributed by atoms with Gasteiger partial charge in [0.25, 0.3) is 0 Å². The second-order valence-electron chi connectivity index (χ2n) is 3.93. The van der Waals surface area contributed by atoms with Crippen LogP contribution in [-0.4, -0.2) is 15.4 Å². The number of hydrogen-bond acceptors (Lipinski definition) is 2. The van der Waals surface area contributed by atoms with Crippen molar-refractivity contribution in [2.45, 2.75) is 39.4 Å². The van der Waals surface area contributed by atoms with E-state index in [4.69, 9.17) is 0 Å². The molecule has 0 aliphatic heterocycles. The predicted octanol–water partition coefficient (Wildman–Crippen LogP) is 2.52. The van der Waals surface area contributed by atoms with E-state index in [9.17, 15) is 0 Å². The fourth-order valence-electron chi connectivity index (χ4n) is 1.32. The number of H-pyrrole nitrogens is 1. The van der Waals surface area contributed by atoms with Gasteiger partial charge < -0.3 is 0 Å². The molecular weight excluding hydrogens is 180 g/mol. The van der Waals surface area contributed by atoms with Crippen LogP contribution in [0, 0.1) is 19.8 Å². The number of rotatable bonds is 3. The zero-order valence-corrected chi connectivity index (χ0v) is 9.65. The van der Waals surface area contributed by atoms with Crippen molar-refractivity contribution in [2.75, 3.05) is 0 Å². The first-order chi connectivity index (χ1) is 6.02. The van der Waals surface area contributed by atoms with Gasteiger partial charge in [0, 0.05) is 10.9 Å². The molecule has 1 rings (SSSR count). The van der Waals surface area contributed by atoms with Crippen LogP contribution in [0.15, 0.2) is 0 Å². The first kappa shape index (κ1) is 10.6. The Labute approximate surface area is 85.5 Å². The van der Waals surface area contributed by atoms with Gasteiger partial charge in [-0.1, -0.05) is 13.8 Å². The Morgan fingerprint density at radius 3 is 2.38 bits per heavy atom. The highest BCUT2D eigenvalue weighted by molar-refractivity contribution is 7.81. The van der Waals surface area contributed by atoms with Gasteiger partial charge in [0.05, 0.1) is 5.69 Å². The highest BCUT2D eigenvalue weighted by atomic mass is 32.1. The summed E-state index contributed by atoms with van der Waals surface area (Å²) in [6.07, 6.45) is 1.01. The Bertz CT molecular complexity index is 259. The van der Waals surface area contributed by atoms with Crippen molar-refractivity contribution in [1.29, 1.82) is 0 Å². The van der Waals surface area contributed by atoms with Crippen molar-refractivity contribution >= 4 is 12.6 Å². The maximum absolute atomic E-state index is 4.56. The molecule has 0 amide bonds. The first-order valence-electron chi connectivity index (χ1n) is 4.71. The van der Waals surface area contributed by atoms with Crippen LogP contribution in [0.2, 0.25) is 0 Å². The minimum absolute atomic E-state index is 0.426. The smallest absolute Gasteiger partial charge is 0.0626 e. The minimum Gasteiger partial charge on any atom is -0.282 e. The lowest BCUT2D eigenvalue weighted by Crippen LogP contribution is -2.12. The molecule has 0 radical (unpaired) electrons. The van der Waals surface area contributed by atoms with Crippen molar-refractivity contribution in [1.82, 2.24) is 10.2 Å². The van der Waals surface area contributed by atoms with Gasteiger partial charge in [-0.05, 0) is 31.7 Å². The van der Waals surface area contributed by atoms with Gasteiger partial charge in [0.1, 0.15) is 0 Å². The highest BCUT2D eigenvalue weighted by Gasteiger charge is 2.13. The van der Waals surface area contributed by atoms with E-state index in [2.05, 4.69) is 43.6 Å². The van der Waals surface area contributed by atoms with Crippen LogP contribution in [0.25, 0.3) is 0 Å². The molecule has 0 aromatic carbocycles. The summed E-state index contributed by atoms with van der Waals surface area (Å²) in [6.45, 7) is 8.50. The number of hydrogen-bond donors (Lipinski definition) is 2. The molecule has 13 heavy (non-hydrogen) atoms. The lowest BCUT2D eigenvalue weighted by Gasteiger charge is -2.14. The van der Waals surface area contributed by atoms with Crippen LogP contribution < -0.4 is 0 Å². The number of aryl methyl sites for hydroxylation is 2. The standard InChI is InChI=1S/C10H18N2S/c1-6(2)10(13)5-9-7(3)11-12-8(9)4/h6,10,13H,5H2,1-4H3,(H,11,12). The van der Waals surface area contributed by atoms with Gasteiger partial charge in [-0.15, -0.1) is 0 Å². The van der Waals surface area contributed by atoms with E-state index in [-0.39, 0.29) is 0 Å². The molecule has 0 saturated heterocycles. The number of nitrogens with zero attached hydrogens (tertiary/aromatic N) is 1. The van der Waals surface area contributed by atoms with Gasteiger partial charge in [0.2, 0.25) is 0 Å². The van der Waals surface area contributed by atoms with E-state index in [1.54, 1.807) is 0 Å². The quantitative estimate of drug-likeness (QED) is 0.718. The lowest BCUT2D eigenvalue weighted by molar-refractivity contribution is 0.605. The summed E-state index contributed by atoms with van der Waals surface area (Å²) in [5.41, 5.74) is 3.61. The van der Waals surface area contributed by atoms with Crippen molar-refractivity contribution in [3.63, 3.8) is 0 Å². The van der Waals surface area contributed by atoms with Crippen LogP contribution in [0.4, 0.5) is 0 Å². The summed E-state index contributed by atoms with van der Waals surface area (Å²) in [5.74, 6) is 0.608. The average molecular weight is 198 g/mol. The predicted molar refractivity (Wildman–Crippen MR) is 59.4 cm³/mol. The second-order valence-corrected chi connectivity index (χ2v) is 4.59.